The van der Waals surface area contributed by atoms with Gasteiger partial charge in [-0.15, -0.1) is 0 Å². The molecule has 0 aliphatic heterocycles. The fourth-order valence-corrected chi connectivity index (χ4v) is 3.88. The number of Topliss-reactive ketones (excluding diaryl/α,β-unsaturated/α-hetero) is 1. The first kappa shape index (κ1) is 25.0. The van der Waals surface area contributed by atoms with E-state index in [1.807, 2.05) is 30.3 Å². The highest BCUT2D eigenvalue weighted by Crippen LogP contribution is 2.34. The third-order valence-corrected chi connectivity index (χ3v) is 5.68. The highest BCUT2D eigenvalue weighted by atomic mass is 19.4. The Balaban J connectivity index is 1.98. The molecule has 0 aliphatic rings. The number of benzene rings is 3. The number of nitriles is 1. The minimum Gasteiger partial charge on any atom is -0.381 e. The van der Waals surface area contributed by atoms with Crippen LogP contribution in [0.2, 0.25) is 0 Å². The number of hydrogen-bond acceptors (Lipinski definition) is 3. The van der Waals surface area contributed by atoms with E-state index in [4.69, 9.17) is 5.26 Å². The van der Waals surface area contributed by atoms with Crippen molar-refractivity contribution in [3.8, 4) is 17.2 Å². The van der Waals surface area contributed by atoms with Gasteiger partial charge >= 0.3 is 6.18 Å². The van der Waals surface area contributed by atoms with Crippen LogP contribution in [0.4, 0.5) is 18.9 Å². The third-order valence-electron chi connectivity index (χ3n) is 5.68. The van der Waals surface area contributed by atoms with E-state index >= 15 is 0 Å². The maximum atomic E-state index is 13.0. The van der Waals surface area contributed by atoms with Crippen LogP contribution in [0.3, 0.4) is 0 Å². The van der Waals surface area contributed by atoms with Crippen molar-refractivity contribution in [1.29, 1.82) is 5.26 Å². The van der Waals surface area contributed by atoms with Crippen molar-refractivity contribution in [2.75, 3.05) is 5.32 Å². The molecule has 3 aromatic carbocycles. The van der Waals surface area contributed by atoms with Crippen LogP contribution < -0.4 is 5.32 Å². The summed E-state index contributed by atoms with van der Waals surface area (Å²) >= 11 is 0. The minimum atomic E-state index is -4.40. The molecule has 0 radical (unpaired) electrons. The molecule has 0 bridgehead atoms. The second-order valence-electron chi connectivity index (χ2n) is 8.87. The molecule has 0 saturated heterocycles. The summed E-state index contributed by atoms with van der Waals surface area (Å²) in [6.45, 7) is 6.18. The standard InChI is InChI=1S/C28H27F3N2O/c1-18(2)12-27(19(3)34)24-13-23(22-8-10-25(11-9-22)28(29,30)31)14-26(15-24)33-17-21-6-4-20(16-32)5-7-21/h4-11,13-15,18,27,33H,12,17H2,1-3H3/t27-/m0/s1. The van der Waals surface area contributed by atoms with Gasteiger partial charge in [0, 0.05) is 18.2 Å². The first-order valence-electron chi connectivity index (χ1n) is 11.1. The molecule has 1 N–H and O–H groups in total. The number of nitrogens with zero attached hydrogens (tertiary/aromatic N) is 1. The van der Waals surface area contributed by atoms with Gasteiger partial charge in [-0.2, -0.15) is 18.4 Å². The Kier molecular flexibility index (Phi) is 7.78. The summed E-state index contributed by atoms with van der Waals surface area (Å²) in [5.74, 6) is 0.0554. The van der Waals surface area contributed by atoms with Gasteiger partial charge in [0.2, 0.25) is 0 Å². The summed E-state index contributed by atoms with van der Waals surface area (Å²) in [4.78, 5) is 12.5. The van der Waals surface area contributed by atoms with Crippen LogP contribution in [-0.4, -0.2) is 5.78 Å². The quantitative estimate of drug-likeness (QED) is 0.374. The first-order valence-corrected chi connectivity index (χ1v) is 11.1. The molecule has 3 nitrogen and oxygen atoms in total. The molecule has 0 fully saturated rings. The summed E-state index contributed by atoms with van der Waals surface area (Å²) in [7, 11) is 0. The Morgan fingerprint density at radius 2 is 1.62 bits per heavy atom. The Hall–Kier alpha value is -3.59. The van der Waals surface area contributed by atoms with Crippen LogP contribution in [0, 0.1) is 17.2 Å². The maximum Gasteiger partial charge on any atom is 0.416 e. The van der Waals surface area contributed by atoms with Crippen molar-refractivity contribution < 1.29 is 18.0 Å². The summed E-state index contributed by atoms with van der Waals surface area (Å²) in [6.07, 6.45) is -3.72. The van der Waals surface area contributed by atoms with Gasteiger partial charge in [-0.25, -0.2) is 0 Å². The van der Waals surface area contributed by atoms with Crippen LogP contribution in [0.5, 0.6) is 0 Å². The van der Waals surface area contributed by atoms with Gasteiger partial charge in [-0.1, -0.05) is 44.2 Å². The van der Waals surface area contributed by atoms with E-state index in [1.165, 1.54) is 12.1 Å². The lowest BCUT2D eigenvalue weighted by atomic mass is 9.85. The van der Waals surface area contributed by atoms with Crippen molar-refractivity contribution in [3.63, 3.8) is 0 Å². The molecule has 176 valence electrons. The van der Waals surface area contributed by atoms with Crippen molar-refractivity contribution >= 4 is 11.5 Å². The monoisotopic (exact) mass is 464 g/mol. The van der Waals surface area contributed by atoms with Gasteiger partial charge in [0.25, 0.3) is 0 Å². The molecule has 0 saturated carbocycles. The first-order chi connectivity index (χ1) is 16.1. The van der Waals surface area contributed by atoms with Gasteiger partial charge < -0.3 is 5.32 Å². The van der Waals surface area contributed by atoms with E-state index in [-0.39, 0.29) is 11.7 Å². The molecular formula is C28H27F3N2O. The predicted octanol–water partition coefficient (Wildman–Crippen LogP) is 7.57. The average molecular weight is 465 g/mol. The molecule has 0 unspecified atom stereocenters. The Morgan fingerprint density at radius 3 is 2.15 bits per heavy atom. The Labute approximate surface area is 198 Å². The van der Waals surface area contributed by atoms with Crippen LogP contribution >= 0.6 is 0 Å². The van der Waals surface area contributed by atoms with Crippen molar-refractivity contribution in [3.05, 3.63) is 89.0 Å². The number of alkyl halides is 3. The van der Waals surface area contributed by atoms with Gasteiger partial charge in [-0.05, 0) is 77.9 Å². The number of ketones is 1. The molecule has 0 aliphatic carbocycles. The van der Waals surface area contributed by atoms with Crippen LogP contribution in [0.25, 0.3) is 11.1 Å². The lowest BCUT2D eigenvalue weighted by Crippen LogP contribution is -2.12. The molecule has 3 rings (SSSR count). The average Bonchev–Trinajstić information content (AvgIpc) is 2.80. The molecule has 0 amide bonds. The number of carbonyl (C=O) groups is 1. The van der Waals surface area contributed by atoms with Crippen molar-refractivity contribution in [1.82, 2.24) is 0 Å². The molecular weight excluding hydrogens is 437 g/mol. The van der Waals surface area contributed by atoms with Gasteiger partial charge in [0.05, 0.1) is 17.2 Å². The van der Waals surface area contributed by atoms with Crippen molar-refractivity contribution in [2.24, 2.45) is 5.92 Å². The normalized spacial score (nSPS) is 12.3. The van der Waals surface area contributed by atoms with Crippen molar-refractivity contribution in [2.45, 2.75) is 45.8 Å². The highest BCUT2D eigenvalue weighted by molar-refractivity contribution is 5.84. The lowest BCUT2D eigenvalue weighted by molar-refractivity contribution is -0.137. The topological polar surface area (TPSA) is 52.9 Å². The molecule has 0 aromatic heterocycles. The molecule has 6 heteroatoms. The smallest absolute Gasteiger partial charge is 0.381 e. The number of nitrogens with one attached hydrogen (secondary N) is 1. The molecule has 34 heavy (non-hydrogen) atoms. The summed E-state index contributed by atoms with van der Waals surface area (Å²) < 4.78 is 39.0. The summed E-state index contributed by atoms with van der Waals surface area (Å²) in [5, 5.41) is 12.3. The van der Waals surface area contributed by atoms with Gasteiger partial charge in [0.15, 0.2) is 0 Å². The zero-order valence-electron chi connectivity index (χ0n) is 19.4. The van der Waals surface area contributed by atoms with Crippen LogP contribution in [-0.2, 0) is 17.5 Å². The second-order valence-corrected chi connectivity index (χ2v) is 8.87. The fourth-order valence-electron chi connectivity index (χ4n) is 3.88. The molecule has 0 spiro atoms. The van der Waals surface area contributed by atoms with Crippen LogP contribution in [0.15, 0.2) is 66.7 Å². The predicted molar refractivity (Wildman–Crippen MR) is 128 cm³/mol. The molecule has 3 aromatic rings. The van der Waals surface area contributed by atoms with E-state index in [0.29, 0.717) is 30.0 Å². The van der Waals surface area contributed by atoms with E-state index in [2.05, 4.69) is 25.2 Å². The van der Waals surface area contributed by atoms with Gasteiger partial charge in [-0.3, -0.25) is 4.79 Å². The summed E-state index contributed by atoms with van der Waals surface area (Å²) in [6, 6.07) is 20.1. The second kappa shape index (κ2) is 10.6. The number of rotatable bonds is 8. The van der Waals surface area contributed by atoms with E-state index in [1.54, 1.807) is 19.1 Å². The zero-order chi connectivity index (χ0) is 24.9. The number of anilines is 1. The summed E-state index contributed by atoms with van der Waals surface area (Å²) in [5.41, 5.74) is 3.84. The third kappa shape index (κ3) is 6.48. The van der Waals surface area contributed by atoms with E-state index in [9.17, 15) is 18.0 Å². The van der Waals surface area contributed by atoms with Gasteiger partial charge in [0.1, 0.15) is 5.78 Å². The van der Waals surface area contributed by atoms with E-state index < -0.39 is 11.7 Å². The van der Waals surface area contributed by atoms with E-state index in [0.717, 1.165) is 34.5 Å². The SMILES string of the molecule is CC(=O)[C@H](CC(C)C)c1cc(NCc2ccc(C#N)cc2)cc(-c2ccc(C(F)(F)F)cc2)c1. The van der Waals surface area contributed by atoms with Crippen LogP contribution in [0.1, 0.15) is 55.4 Å². The molecule has 0 heterocycles. The maximum absolute atomic E-state index is 13.0. The largest absolute Gasteiger partial charge is 0.416 e. The lowest BCUT2D eigenvalue weighted by Gasteiger charge is -2.20. The zero-order valence-corrected chi connectivity index (χ0v) is 19.4. The minimum absolute atomic E-state index is 0.0521. The number of halogens is 3. The highest BCUT2D eigenvalue weighted by Gasteiger charge is 2.30. The molecule has 1 atom stereocenters. The number of carbonyl (C=O) groups excluding carboxylic acids is 1. The Morgan fingerprint density at radius 1 is 0.971 bits per heavy atom. The fraction of sp³-hybridized carbons (Fsp3) is 0.286. The number of hydrogen-bond donors (Lipinski definition) is 1. The Bertz CT molecular complexity index is 1170.